The molecule has 2 aromatic carbocycles. The molecule has 0 spiro atoms. The molecule has 1 aliphatic heterocycles. The van der Waals surface area contributed by atoms with Crippen molar-refractivity contribution in [2.24, 2.45) is 0 Å². The van der Waals surface area contributed by atoms with Gasteiger partial charge >= 0.3 is 14.2 Å². The van der Waals surface area contributed by atoms with Gasteiger partial charge in [-0.2, -0.15) is 0 Å². The van der Waals surface area contributed by atoms with E-state index < -0.39 is 14.2 Å². The van der Waals surface area contributed by atoms with Gasteiger partial charge < -0.3 is 25.4 Å². The minimum Gasteiger partial charge on any atom is -0.423 e. The highest BCUT2D eigenvalue weighted by molar-refractivity contribution is 7.99. The van der Waals surface area contributed by atoms with Crippen LogP contribution >= 0.6 is 11.8 Å². The van der Waals surface area contributed by atoms with Crippen LogP contribution in [0.1, 0.15) is 0 Å². The van der Waals surface area contributed by atoms with Gasteiger partial charge in [0.25, 0.3) is 0 Å². The van der Waals surface area contributed by atoms with E-state index in [0.29, 0.717) is 10.9 Å². The molecule has 5 N–H and O–H groups in total. The molecule has 0 aliphatic carbocycles. The van der Waals surface area contributed by atoms with E-state index in [1.807, 2.05) is 0 Å². The summed E-state index contributed by atoms with van der Waals surface area (Å²) in [5, 5.41) is 40.0. The third-order valence-electron chi connectivity index (χ3n) is 3.10. The van der Waals surface area contributed by atoms with Crippen LogP contribution in [-0.4, -0.2) is 34.3 Å². The van der Waals surface area contributed by atoms with Gasteiger partial charge in [0.2, 0.25) is 0 Å². The molecule has 0 unspecified atom stereocenters. The van der Waals surface area contributed by atoms with E-state index in [4.69, 9.17) is 0 Å². The van der Waals surface area contributed by atoms with Crippen LogP contribution in [0.25, 0.3) is 0 Å². The standard InChI is InChI=1S/C12H11B2NO4S/c16-13(17)7-1-3-9-11(5-7)20-12-6-8(14(18)19)2-4-10(12)15-9/h1-6,15-19H. The molecule has 100 valence electrons. The Morgan fingerprint density at radius 1 is 0.750 bits per heavy atom. The molecule has 0 saturated carbocycles. The molecule has 0 saturated heterocycles. The van der Waals surface area contributed by atoms with E-state index in [9.17, 15) is 20.1 Å². The molecule has 0 atom stereocenters. The highest BCUT2D eigenvalue weighted by Gasteiger charge is 2.21. The first-order valence-electron chi connectivity index (χ1n) is 5.99. The van der Waals surface area contributed by atoms with Crippen molar-refractivity contribution < 1.29 is 20.1 Å². The van der Waals surface area contributed by atoms with E-state index in [0.717, 1.165) is 21.2 Å². The lowest BCUT2D eigenvalue weighted by atomic mass is 9.80. The first-order valence-corrected chi connectivity index (χ1v) is 6.81. The van der Waals surface area contributed by atoms with Crippen LogP contribution in [0.4, 0.5) is 11.4 Å². The Balaban J connectivity index is 1.99. The fraction of sp³-hybridized carbons (Fsp3) is 0. The molecule has 1 heterocycles. The van der Waals surface area contributed by atoms with E-state index >= 15 is 0 Å². The SMILES string of the molecule is OB(O)c1ccc2c(c1)Sc1cc(B(O)O)ccc1N2. The number of hydrogen-bond acceptors (Lipinski definition) is 6. The van der Waals surface area contributed by atoms with Gasteiger partial charge in [-0.05, 0) is 35.2 Å². The normalized spacial score (nSPS) is 12.2. The molecule has 20 heavy (non-hydrogen) atoms. The Labute approximate surface area is 120 Å². The van der Waals surface area contributed by atoms with Crippen LogP contribution in [0.15, 0.2) is 46.2 Å². The van der Waals surface area contributed by atoms with Crippen molar-refractivity contribution in [2.45, 2.75) is 9.79 Å². The molecule has 0 fully saturated rings. The number of rotatable bonds is 2. The predicted molar refractivity (Wildman–Crippen MR) is 79.9 cm³/mol. The molecule has 5 nitrogen and oxygen atoms in total. The van der Waals surface area contributed by atoms with E-state index in [1.54, 1.807) is 36.4 Å². The van der Waals surface area contributed by atoms with Crippen LogP contribution in [0.5, 0.6) is 0 Å². The van der Waals surface area contributed by atoms with Gasteiger partial charge in [-0.3, -0.25) is 0 Å². The summed E-state index contributed by atoms with van der Waals surface area (Å²) in [6, 6.07) is 10.3. The maximum Gasteiger partial charge on any atom is 0.488 e. The molecule has 0 aromatic heterocycles. The summed E-state index contributed by atoms with van der Waals surface area (Å²) in [6.45, 7) is 0. The van der Waals surface area contributed by atoms with Crippen molar-refractivity contribution in [3.8, 4) is 0 Å². The summed E-state index contributed by atoms with van der Waals surface area (Å²) < 4.78 is 0. The van der Waals surface area contributed by atoms with E-state index in [1.165, 1.54) is 11.8 Å². The number of hydrogen-bond donors (Lipinski definition) is 5. The van der Waals surface area contributed by atoms with Crippen LogP contribution in [0, 0.1) is 0 Å². The zero-order valence-corrected chi connectivity index (χ0v) is 11.1. The van der Waals surface area contributed by atoms with Crippen molar-refractivity contribution in [2.75, 3.05) is 5.32 Å². The van der Waals surface area contributed by atoms with Gasteiger partial charge in [-0.15, -0.1) is 0 Å². The van der Waals surface area contributed by atoms with Gasteiger partial charge in [0.15, 0.2) is 0 Å². The fourth-order valence-electron chi connectivity index (χ4n) is 2.04. The van der Waals surface area contributed by atoms with Crippen LogP contribution in [0.2, 0.25) is 0 Å². The van der Waals surface area contributed by atoms with Gasteiger partial charge in [-0.1, -0.05) is 23.9 Å². The molecule has 1 aliphatic rings. The Morgan fingerprint density at radius 2 is 1.20 bits per heavy atom. The average Bonchev–Trinajstić information content (AvgIpc) is 2.43. The van der Waals surface area contributed by atoms with Gasteiger partial charge in [0.05, 0.1) is 11.4 Å². The number of fused-ring (bicyclic) bond motifs is 2. The monoisotopic (exact) mass is 287 g/mol. The lowest BCUT2D eigenvalue weighted by molar-refractivity contribution is 0.424. The second kappa shape index (κ2) is 5.16. The molecule has 0 bridgehead atoms. The Morgan fingerprint density at radius 3 is 1.60 bits per heavy atom. The van der Waals surface area contributed by atoms with E-state index in [-0.39, 0.29) is 0 Å². The second-order valence-corrected chi connectivity index (χ2v) is 5.57. The maximum absolute atomic E-state index is 9.20. The molecule has 8 heteroatoms. The Bertz CT molecular complexity index is 610. The molecule has 3 rings (SSSR count). The summed E-state index contributed by atoms with van der Waals surface area (Å²) in [5.41, 5.74) is 2.59. The lowest BCUT2D eigenvalue weighted by Gasteiger charge is -2.22. The largest absolute Gasteiger partial charge is 0.488 e. The number of benzene rings is 2. The summed E-state index contributed by atoms with van der Waals surface area (Å²) in [4.78, 5) is 1.71. The average molecular weight is 287 g/mol. The second-order valence-electron chi connectivity index (χ2n) is 4.49. The summed E-state index contributed by atoms with van der Waals surface area (Å²) in [5.74, 6) is 0. The van der Waals surface area contributed by atoms with Crippen molar-refractivity contribution in [1.29, 1.82) is 0 Å². The quantitative estimate of drug-likeness (QED) is 0.398. The highest BCUT2D eigenvalue weighted by Crippen LogP contribution is 2.43. The summed E-state index contributed by atoms with van der Waals surface area (Å²) >= 11 is 1.44. The minimum atomic E-state index is -1.51. The van der Waals surface area contributed by atoms with Crippen molar-refractivity contribution in [3.63, 3.8) is 0 Å². The smallest absolute Gasteiger partial charge is 0.423 e. The fourth-order valence-corrected chi connectivity index (χ4v) is 3.12. The predicted octanol–water partition coefficient (Wildman–Crippen LogP) is -0.746. The van der Waals surface area contributed by atoms with Crippen LogP contribution in [-0.2, 0) is 0 Å². The summed E-state index contributed by atoms with van der Waals surface area (Å²) in [6.07, 6.45) is 0. The zero-order chi connectivity index (χ0) is 14.3. The highest BCUT2D eigenvalue weighted by atomic mass is 32.2. The molecule has 0 amide bonds. The zero-order valence-electron chi connectivity index (χ0n) is 10.3. The minimum absolute atomic E-state index is 0.417. The topological polar surface area (TPSA) is 93.0 Å². The van der Waals surface area contributed by atoms with Crippen molar-refractivity contribution >= 4 is 48.3 Å². The Hall–Kier alpha value is -1.44. The third kappa shape index (κ3) is 2.44. The number of nitrogens with one attached hydrogen (secondary N) is 1. The van der Waals surface area contributed by atoms with Gasteiger partial charge in [-0.25, -0.2) is 0 Å². The maximum atomic E-state index is 9.20. The van der Waals surface area contributed by atoms with E-state index in [2.05, 4.69) is 5.32 Å². The summed E-state index contributed by atoms with van der Waals surface area (Å²) in [7, 11) is -3.01. The first-order chi connectivity index (χ1) is 9.54. The van der Waals surface area contributed by atoms with Gasteiger partial charge in [0.1, 0.15) is 0 Å². The molecular formula is C12H11B2NO4S. The van der Waals surface area contributed by atoms with Crippen LogP contribution < -0.4 is 16.2 Å². The lowest BCUT2D eigenvalue weighted by Crippen LogP contribution is -2.30. The van der Waals surface area contributed by atoms with Crippen molar-refractivity contribution in [3.05, 3.63) is 36.4 Å². The molecule has 2 aromatic rings. The molecular weight excluding hydrogens is 276 g/mol. The number of anilines is 2. The third-order valence-corrected chi connectivity index (χ3v) is 4.21. The van der Waals surface area contributed by atoms with Crippen molar-refractivity contribution in [1.82, 2.24) is 0 Å². The Kier molecular flexibility index (Phi) is 3.49. The van der Waals surface area contributed by atoms with Crippen LogP contribution in [0.3, 0.4) is 0 Å². The molecule has 0 radical (unpaired) electrons. The first kappa shape index (κ1) is 13.5. The van der Waals surface area contributed by atoms with Gasteiger partial charge in [0, 0.05) is 9.79 Å².